The van der Waals surface area contributed by atoms with E-state index in [1.54, 1.807) is 0 Å². The number of rotatable bonds is 5. The summed E-state index contributed by atoms with van der Waals surface area (Å²) in [5, 5.41) is 26.9. The van der Waals surface area contributed by atoms with Crippen LogP contribution < -0.4 is 0 Å². The van der Waals surface area contributed by atoms with Crippen molar-refractivity contribution in [1.82, 2.24) is 0 Å². The van der Waals surface area contributed by atoms with Gasteiger partial charge >= 0.3 is 5.97 Å². The summed E-state index contributed by atoms with van der Waals surface area (Å²) in [5.74, 6) is -0.637. The molecule has 0 aromatic heterocycles. The maximum Gasteiger partial charge on any atom is 0.333 e. The molecule has 3 atom stereocenters. The molecule has 82 valence electrons. The molecule has 5 heteroatoms. The molecule has 0 saturated heterocycles. The molecular formula is C9H16O5. The molecule has 0 spiro atoms. The third-order valence-corrected chi connectivity index (χ3v) is 1.70. The fourth-order valence-electron chi connectivity index (χ4n) is 0.760. The van der Waals surface area contributed by atoms with Crippen LogP contribution in [0.2, 0.25) is 0 Å². The largest absolute Gasteiger partial charge is 0.456 e. The second-order valence-electron chi connectivity index (χ2n) is 3.13. The molecule has 0 aliphatic heterocycles. The Morgan fingerprint density at radius 3 is 2.36 bits per heavy atom. The van der Waals surface area contributed by atoms with E-state index in [0.29, 0.717) is 0 Å². The molecule has 3 N–H and O–H groups in total. The summed E-state index contributed by atoms with van der Waals surface area (Å²) in [6, 6.07) is 0. The molecule has 3 unspecified atom stereocenters. The Morgan fingerprint density at radius 2 is 2.00 bits per heavy atom. The Kier molecular flexibility index (Phi) is 5.37. The van der Waals surface area contributed by atoms with Crippen molar-refractivity contribution < 1.29 is 24.9 Å². The number of esters is 1. The van der Waals surface area contributed by atoms with Crippen LogP contribution in [0.4, 0.5) is 0 Å². The van der Waals surface area contributed by atoms with Gasteiger partial charge in [-0.3, -0.25) is 0 Å². The highest BCUT2D eigenvalue weighted by Crippen LogP contribution is 2.06. The van der Waals surface area contributed by atoms with Gasteiger partial charge in [0.1, 0.15) is 18.3 Å². The molecule has 0 aromatic rings. The van der Waals surface area contributed by atoms with Gasteiger partial charge in [-0.1, -0.05) is 6.58 Å². The maximum atomic E-state index is 11.0. The minimum absolute atomic E-state index is 0.211. The van der Waals surface area contributed by atoms with E-state index in [2.05, 4.69) is 6.58 Å². The lowest BCUT2D eigenvalue weighted by molar-refractivity contribution is -0.154. The first-order chi connectivity index (χ1) is 6.40. The minimum atomic E-state index is -1.32. The van der Waals surface area contributed by atoms with Crippen LogP contribution in [-0.2, 0) is 9.53 Å². The predicted octanol–water partition coefficient (Wildman–Crippen LogP) is -0.792. The van der Waals surface area contributed by atoms with Crippen molar-refractivity contribution in [3.05, 3.63) is 12.2 Å². The Labute approximate surface area is 82.6 Å². The van der Waals surface area contributed by atoms with Crippen LogP contribution in [0, 0.1) is 0 Å². The topological polar surface area (TPSA) is 87.0 Å². The van der Waals surface area contributed by atoms with Crippen molar-refractivity contribution in [2.24, 2.45) is 0 Å². The third kappa shape index (κ3) is 3.87. The normalized spacial score (nSPS) is 16.9. The van der Waals surface area contributed by atoms with Crippen LogP contribution in [0.25, 0.3) is 0 Å². The van der Waals surface area contributed by atoms with Crippen molar-refractivity contribution in [3.63, 3.8) is 0 Å². The van der Waals surface area contributed by atoms with Gasteiger partial charge in [0.05, 0.1) is 6.61 Å². The lowest BCUT2D eigenvalue weighted by atomic mass is 10.1. The fourth-order valence-corrected chi connectivity index (χ4v) is 0.760. The van der Waals surface area contributed by atoms with Crippen molar-refractivity contribution in [2.45, 2.75) is 32.2 Å². The van der Waals surface area contributed by atoms with Crippen LogP contribution in [0.5, 0.6) is 0 Å². The number of carbonyl (C=O) groups is 1. The monoisotopic (exact) mass is 204 g/mol. The number of carbonyl (C=O) groups excluding carboxylic acids is 1. The summed E-state index contributed by atoms with van der Waals surface area (Å²) in [6.45, 7) is 5.67. The Balaban J connectivity index is 4.13. The second-order valence-corrected chi connectivity index (χ2v) is 3.13. The summed E-state index contributed by atoms with van der Waals surface area (Å²) in [4.78, 5) is 11.0. The van der Waals surface area contributed by atoms with E-state index >= 15 is 0 Å². The molecular weight excluding hydrogens is 188 g/mol. The first-order valence-corrected chi connectivity index (χ1v) is 4.23. The van der Waals surface area contributed by atoms with Gasteiger partial charge in [-0.15, -0.1) is 0 Å². The quantitative estimate of drug-likeness (QED) is 0.403. The number of hydrogen-bond acceptors (Lipinski definition) is 5. The Morgan fingerprint density at radius 1 is 1.50 bits per heavy atom. The smallest absolute Gasteiger partial charge is 0.333 e. The molecule has 0 fully saturated rings. The predicted molar refractivity (Wildman–Crippen MR) is 49.5 cm³/mol. The van der Waals surface area contributed by atoms with E-state index in [1.807, 2.05) is 0 Å². The lowest BCUT2D eigenvalue weighted by Gasteiger charge is -2.22. The van der Waals surface area contributed by atoms with Gasteiger partial charge in [0.15, 0.2) is 0 Å². The molecule has 0 aliphatic rings. The van der Waals surface area contributed by atoms with Crippen molar-refractivity contribution >= 4 is 5.97 Å². The molecule has 14 heavy (non-hydrogen) atoms. The van der Waals surface area contributed by atoms with Crippen LogP contribution in [0.15, 0.2) is 12.2 Å². The lowest BCUT2D eigenvalue weighted by Crippen LogP contribution is -2.40. The Hall–Kier alpha value is -0.910. The van der Waals surface area contributed by atoms with Crippen LogP contribution >= 0.6 is 0 Å². The van der Waals surface area contributed by atoms with Crippen molar-refractivity contribution in [1.29, 1.82) is 0 Å². The van der Waals surface area contributed by atoms with E-state index in [0.717, 1.165) is 0 Å². The number of ether oxygens (including phenoxy) is 1. The van der Waals surface area contributed by atoms with E-state index in [1.165, 1.54) is 13.8 Å². The van der Waals surface area contributed by atoms with E-state index in [9.17, 15) is 9.90 Å². The molecule has 5 nitrogen and oxygen atoms in total. The van der Waals surface area contributed by atoms with E-state index in [-0.39, 0.29) is 5.57 Å². The molecule has 0 bridgehead atoms. The van der Waals surface area contributed by atoms with Crippen LogP contribution in [-0.4, -0.2) is 46.2 Å². The maximum absolute atomic E-state index is 11.0. The molecule has 0 rings (SSSR count). The molecule has 0 amide bonds. The van der Waals surface area contributed by atoms with Gasteiger partial charge in [-0.25, -0.2) is 4.79 Å². The third-order valence-electron chi connectivity index (χ3n) is 1.70. The summed E-state index contributed by atoms with van der Waals surface area (Å²) >= 11 is 0. The van der Waals surface area contributed by atoms with Crippen molar-refractivity contribution in [2.75, 3.05) is 6.61 Å². The average Bonchev–Trinajstić information content (AvgIpc) is 2.14. The highest BCUT2D eigenvalue weighted by atomic mass is 16.6. The molecule has 0 aliphatic carbocycles. The zero-order valence-electron chi connectivity index (χ0n) is 8.30. The first-order valence-electron chi connectivity index (χ1n) is 4.23. The van der Waals surface area contributed by atoms with Crippen molar-refractivity contribution in [3.8, 4) is 0 Å². The van der Waals surface area contributed by atoms with Gasteiger partial charge < -0.3 is 20.1 Å². The van der Waals surface area contributed by atoms with Gasteiger partial charge in [0.25, 0.3) is 0 Å². The first kappa shape index (κ1) is 13.1. The molecule has 0 radical (unpaired) electrons. The number of aliphatic hydroxyl groups is 3. The summed E-state index contributed by atoms with van der Waals surface area (Å²) in [5.41, 5.74) is 0.211. The molecule has 0 aromatic carbocycles. The molecule has 0 heterocycles. The summed E-state index contributed by atoms with van der Waals surface area (Å²) in [6.07, 6.45) is -3.51. The van der Waals surface area contributed by atoms with Gasteiger partial charge in [0, 0.05) is 5.57 Å². The van der Waals surface area contributed by atoms with Gasteiger partial charge in [-0.2, -0.15) is 0 Å². The number of aliphatic hydroxyl groups excluding tert-OH is 3. The zero-order chi connectivity index (χ0) is 11.3. The SMILES string of the molecule is C=C(C)C(=O)OC(C)C(O)C(O)CO. The van der Waals surface area contributed by atoms with Crippen LogP contribution in [0.1, 0.15) is 13.8 Å². The average molecular weight is 204 g/mol. The van der Waals surface area contributed by atoms with Gasteiger partial charge in [0.2, 0.25) is 0 Å². The highest BCUT2D eigenvalue weighted by Gasteiger charge is 2.25. The standard InChI is InChI=1S/C9H16O5/c1-5(2)9(13)14-6(3)8(12)7(11)4-10/h6-8,10-12H,1,4H2,2-3H3. The van der Waals surface area contributed by atoms with E-state index in [4.69, 9.17) is 14.9 Å². The van der Waals surface area contributed by atoms with Gasteiger partial charge in [-0.05, 0) is 13.8 Å². The van der Waals surface area contributed by atoms with Crippen LogP contribution in [0.3, 0.4) is 0 Å². The number of hydrogen-bond donors (Lipinski definition) is 3. The molecule has 0 saturated carbocycles. The highest BCUT2D eigenvalue weighted by molar-refractivity contribution is 5.87. The van der Waals surface area contributed by atoms with E-state index < -0.39 is 30.9 Å². The zero-order valence-corrected chi connectivity index (χ0v) is 8.30. The fraction of sp³-hybridized carbons (Fsp3) is 0.667. The second kappa shape index (κ2) is 5.74. The summed E-state index contributed by atoms with van der Waals surface area (Å²) in [7, 11) is 0. The minimum Gasteiger partial charge on any atom is -0.456 e. The Bertz CT molecular complexity index is 213. The summed E-state index contributed by atoms with van der Waals surface area (Å²) < 4.78 is 4.74.